The zero-order chi connectivity index (χ0) is 21.3. The number of anilines is 1. The fourth-order valence-corrected chi connectivity index (χ4v) is 3.70. The number of ether oxygens (including phenoxy) is 3. The van der Waals surface area contributed by atoms with E-state index in [1.165, 1.54) is 0 Å². The molecule has 6 nitrogen and oxygen atoms in total. The van der Waals surface area contributed by atoms with Crippen LogP contribution in [0.15, 0.2) is 42.5 Å². The first-order chi connectivity index (χ1) is 14.6. The van der Waals surface area contributed by atoms with E-state index in [-0.39, 0.29) is 0 Å². The monoisotopic (exact) mass is 449 g/mol. The lowest BCUT2D eigenvalue weighted by Gasteiger charge is -2.31. The fraction of sp³-hybridized carbons (Fsp3) is 0.409. The van der Waals surface area contributed by atoms with Crippen LogP contribution in [0.2, 0.25) is 5.02 Å². The molecule has 162 valence electrons. The number of methoxy groups -OCH3 is 2. The molecular weight excluding hydrogens is 422 g/mol. The minimum atomic E-state index is 0.621. The number of hydrogen-bond donors (Lipinski definition) is 1. The van der Waals surface area contributed by atoms with E-state index in [2.05, 4.69) is 27.2 Å². The first-order valence-corrected chi connectivity index (χ1v) is 10.7. The standard InChI is InChI=1S/C22H28ClN3O3S/c1-27-19-6-3-17(4-7-19)16-26(10-9-25-11-13-29-14-12-25)22(30)24-20-15-18(23)5-8-21(20)28-2/h3-8,15H,9-14,16H2,1-2H3,(H,24,30). The minimum Gasteiger partial charge on any atom is -0.497 e. The van der Waals surface area contributed by atoms with Crippen LogP contribution in [-0.4, -0.2) is 68.5 Å². The average Bonchev–Trinajstić information content (AvgIpc) is 2.78. The predicted molar refractivity (Wildman–Crippen MR) is 125 cm³/mol. The molecule has 0 unspecified atom stereocenters. The van der Waals surface area contributed by atoms with Crippen LogP contribution in [0.3, 0.4) is 0 Å². The van der Waals surface area contributed by atoms with Gasteiger partial charge < -0.3 is 24.4 Å². The van der Waals surface area contributed by atoms with Gasteiger partial charge in [-0.2, -0.15) is 0 Å². The molecule has 0 aliphatic carbocycles. The first-order valence-electron chi connectivity index (χ1n) is 9.91. The molecule has 8 heteroatoms. The van der Waals surface area contributed by atoms with Gasteiger partial charge in [0.05, 0.1) is 33.1 Å². The number of benzene rings is 2. The lowest BCUT2D eigenvalue weighted by atomic mass is 10.2. The van der Waals surface area contributed by atoms with Crippen molar-refractivity contribution < 1.29 is 14.2 Å². The first kappa shape index (κ1) is 22.6. The Bertz CT molecular complexity index is 829. The molecule has 0 radical (unpaired) electrons. The van der Waals surface area contributed by atoms with Gasteiger partial charge in [0.15, 0.2) is 5.11 Å². The lowest BCUT2D eigenvalue weighted by molar-refractivity contribution is 0.0358. The van der Waals surface area contributed by atoms with Crippen molar-refractivity contribution in [3.63, 3.8) is 0 Å². The number of nitrogens with one attached hydrogen (secondary N) is 1. The molecule has 1 saturated heterocycles. The van der Waals surface area contributed by atoms with Gasteiger partial charge in [-0.3, -0.25) is 4.90 Å². The second kappa shape index (κ2) is 11.4. The van der Waals surface area contributed by atoms with E-state index in [0.29, 0.717) is 22.4 Å². The van der Waals surface area contributed by atoms with E-state index >= 15 is 0 Å². The molecule has 0 aromatic heterocycles. The van der Waals surface area contributed by atoms with Crippen LogP contribution >= 0.6 is 23.8 Å². The van der Waals surface area contributed by atoms with Crippen molar-refractivity contribution in [1.29, 1.82) is 0 Å². The third-order valence-corrected chi connectivity index (χ3v) is 5.61. The van der Waals surface area contributed by atoms with Gasteiger partial charge in [0.1, 0.15) is 11.5 Å². The minimum absolute atomic E-state index is 0.621. The Morgan fingerprint density at radius 1 is 1.13 bits per heavy atom. The van der Waals surface area contributed by atoms with E-state index in [1.54, 1.807) is 20.3 Å². The second-order valence-corrected chi connectivity index (χ2v) is 7.82. The Kier molecular flexibility index (Phi) is 8.57. The highest BCUT2D eigenvalue weighted by molar-refractivity contribution is 7.80. The zero-order valence-electron chi connectivity index (χ0n) is 17.4. The Hall–Kier alpha value is -2.06. The largest absolute Gasteiger partial charge is 0.497 e. The van der Waals surface area contributed by atoms with Crippen LogP contribution in [0, 0.1) is 0 Å². The third-order valence-electron chi connectivity index (χ3n) is 5.01. The van der Waals surface area contributed by atoms with Crippen molar-refractivity contribution in [3.05, 3.63) is 53.1 Å². The average molecular weight is 450 g/mol. The van der Waals surface area contributed by atoms with Crippen molar-refractivity contribution in [3.8, 4) is 11.5 Å². The highest BCUT2D eigenvalue weighted by Gasteiger charge is 2.16. The van der Waals surface area contributed by atoms with Crippen LogP contribution < -0.4 is 14.8 Å². The molecule has 1 heterocycles. The summed E-state index contributed by atoms with van der Waals surface area (Å²) in [5.74, 6) is 1.53. The lowest BCUT2D eigenvalue weighted by Crippen LogP contribution is -2.44. The van der Waals surface area contributed by atoms with Gasteiger partial charge in [-0.1, -0.05) is 23.7 Å². The van der Waals surface area contributed by atoms with Gasteiger partial charge in [-0.25, -0.2) is 0 Å². The molecule has 2 aromatic rings. The predicted octanol–water partition coefficient (Wildman–Crippen LogP) is 3.89. The van der Waals surface area contributed by atoms with Crippen LogP contribution in [0.5, 0.6) is 11.5 Å². The molecule has 1 aliphatic heterocycles. The molecule has 30 heavy (non-hydrogen) atoms. The molecule has 0 bridgehead atoms. The second-order valence-electron chi connectivity index (χ2n) is 7.00. The molecule has 3 rings (SSSR count). The summed E-state index contributed by atoms with van der Waals surface area (Å²) >= 11 is 11.9. The van der Waals surface area contributed by atoms with E-state index in [9.17, 15) is 0 Å². The van der Waals surface area contributed by atoms with E-state index < -0.39 is 0 Å². The summed E-state index contributed by atoms with van der Waals surface area (Å²) in [5, 5.41) is 4.56. The number of nitrogens with zero attached hydrogens (tertiary/aromatic N) is 2. The van der Waals surface area contributed by atoms with Crippen molar-refractivity contribution >= 4 is 34.6 Å². The number of rotatable bonds is 8. The number of hydrogen-bond acceptors (Lipinski definition) is 5. The summed E-state index contributed by atoms with van der Waals surface area (Å²) < 4.78 is 16.2. The Labute approximate surface area is 188 Å². The van der Waals surface area contributed by atoms with Crippen LogP contribution in [0.4, 0.5) is 5.69 Å². The smallest absolute Gasteiger partial charge is 0.173 e. The number of thiocarbonyl (C=S) groups is 1. The summed E-state index contributed by atoms with van der Waals surface area (Å²) in [6, 6.07) is 13.5. The molecule has 0 spiro atoms. The summed E-state index contributed by atoms with van der Waals surface area (Å²) in [7, 11) is 3.30. The SMILES string of the molecule is COc1ccc(CN(CCN2CCOCC2)C(=S)Nc2cc(Cl)ccc2OC)cc1. The van der Waals surface area contributed by atoms with Crippen molar-refractivity contribution in [2.24, 2.45) is 0 Å². The number of halogens is 1. The number of morpholine rings is 1. The molecule has 2 aromatic carbocycles. The summed E-state index contributed by atoms with van der Waals surface area (Å²) in [6.45, 7) is 5.83. The molecule has 1 fully saturated rings. The summed E-state index contributed by atoms with van der Waals surface area (Å²) in [5.41, 5.74) is 1.90. The topological polar surface area (TPSA) is 46.2 Å². The van der Waals surface area contributed by atoms with Crippen molar-refractivity contribution in [2.45, 2.75) is 6.54 Å². The maximum absolute atomic E-state index is 6.18. The van der Waals surface area contributed by atoms with E-state index in [4.69, 9.17) is 38.0 Å². The van der Waals surface area contributed by atoms with Crippen molar-refractivity contribution in [2.75, 3.05) is 58.9 Å². The van der Waals surface area contributed by atoms with E-state index in [0.717, 1.165) is 56.4 Å². The quantitative estimate of drug-likeness (QED) is 0.613. The van der Waals surface area contributed by atoms with Crippen molar-refractivity contribution in [1.82, 2.24) is 9.80 Å². The molecule has 1 aliphatic rings. The van der Waals surface area contributed by atoms with Gasteiger partial charge in [0.25, 0.3) is 0 Å². The summed E-state index contributed by atoms with van der Waals surface area (Å²) in [6.07, 6.45) is 0. The van der Waals surface area contributed by atoms with Gasteiger partial charge in [-0.05, 0) is 48.1 Å². The molecule has 0 atom stereocenters. The van der Waals surface area contributed by atoms with Gasteiger partial charge in [-0.15, -0.1) is 0 Å². The molecule has 0 amide bonds. The van der Waals surface area contributed by atoms with Crippen LogP contribution in [0.25, 0.3) is 0 Å². The zero-order valence-corrected chi connectivity index (χ0v) is 19.0. The summed E-state index contributed by atoms with van der Waals surface area (Å²) in [4.78, 5) is 4.56. The Morgan fingerprint density at radius 2 is 1.87 bits per heavy atom. The Balaban J connectivity index is 1.72. The van der Waals surface area contributed by atoms with Gasteiger partial charge in [0, 0.05) is 37.7 Å². The maximum atomic E-state index is 6.18. The highest BCUT2D eigenvalue weighted by atomic mass is 35.5. The molecular formula is C22H28ClN3O3S. The third kappa shape index (κ3) is 6.47. The fourth-order valence-electron chi connectivity index (χ4n) is 3.26. The Morgan fingerprint density at radius 3 is 2.53 bits per heavy atom. The van der Waals surface area contributed by atoms with E-state index in [1.807, 2.05) is 24.3 Å². The molecule has 1 N–H and O–H groups in total. The maximum Gasteiger partial charge on any atom is 0.173 e. The van der Waals surface area contributed by atoms with Gasteiger partial charge in [0.2, 0.25) is 0 Å². The normalized spacial score (nSPS) is 14.2. The van der Waals surface area contributed by atoms with Crippen LogP contribution in [-0.2, 0) is 11.3 Å². The highest BCUT2D eigenvalue weighted by Crippen LogP contribution is 2.28. The van der Waals surface area contributed by atoms with Gasteiger partial charge >= 0.3 is 0 Å². The van der Waals surface area contributed by atoms with Crippen LogP contribution in [0.1, 0.15) is 5.56 Å². The molecule has 0 saturated carbocycles.